The van der Waals surface area contributed by atoms with E-state index in [0.717, 1.165) is 33.5 Å². The van der Waals surface area contributed by atoms with Crippen molar-refractivity contribution < 1.29 is 4.79 Å². The number of para-hydroxylation sites is 1. The van der Waals surface area contributed by atoms with Crippen LogP contribution < -0.4 is 0 Å². The van der Waals surface area contributed by atoms with Gasteiger partial charge in [-0.05, 0) is 54.5 Å². The normalized spacial score (nSPS) is 11.4. The van der Waals surface area contributed by atoms with E-state index in [-0.39, 0.29) is 12.2 Å². The van der Waals surface area contributed by atoms with Crippen molar-refractivity contribution in [2.75, 3.05) is 0 Å². The van der Waals surface area contributed by atoms with Gasteiger partial charge < -0.3 is 0 Å². The Bertz CT molecular complexity index is 1540. The van der Waals surface area contributed by atoms with Gasteiger partial charge in [0.1, 0.15) is 5.15 Å². The van der Waals surface area contributed by atoms with Gasteiger partial charge >= 0.3 is 0 Å². The van der Waals surface area contributed by atoms with Crippen molar-refractivity contribution in [3.63, 3.8) is 0 Å². The second-order valence-electron chi connectivity index (χ2n) is 8.19. The maximum Gasteiger partial charge on any atom is 0.165 e. The third kappa shape index (κ3) is 4.76. The monoisotopic (exact) mass is 497 g/mol. The van der Waals surface area contributed by atoms with E-state index in [1.165, 1.54) is 0 Å². The van der Waals surface area contributed by atoms with Gasteiger partial charge in [-0.3, -0.25) is 4.79 Å². The van der Waals surface area contributed by atoms with Crippen LogP contribution >= 0.6 is 23.2 Å². The summed E-state index contributed by atoms with van der Waals surface area (Å²) in [6.07, 6.45) is 3.59. The van der Waals surface area contributed by atoms with Crippen molar-refractivity contribution in [3.8, 4) is 16.8 Å². The maximum atomic E-state index is 12.7. The van der Waals surface area contributed by atoms with Crippen LogP contribution in [0.4, 0.5) is 0 Å². The lowest BCUT2D eigenvalue weighted by Crippen LogP contribution is -2.00. The Kier molecular flexibility index (Phi) is 6.49. The number of ketones is 1. The minimum Gasteiger partial charge on any atom is -0.294 e. The summed E-state index contributed by atoms with van der Waals surface area (Å²) in [5.41, 5.74) is 5.85. The topological polar surface area (TPSA) is 47.8 Å². The number of hydrogen-bond acceptors (Lipinski definition) is 3. The summed E-state index contributed by atoms with van der Waals surface area (Å²) < 4.78 is 1.81. The summed E-state index contributed by atoms with van der Waals surface area (Å²) in [5.74, 6) is -0.0424. The average Bonchev–Trinajstić information content (AvgIpc) is 3.20. The van der Waals surface area contributed by atoms with Gasteiger partial charge in [-0.25, -0.2) is 9.67 Å². The van der Waals surface area contributed by atoms with E-state index in [2.05, 4.69) is 0 Å². The number of fused-ring (bicyclic) bond motifs is 1. The van der Waals surface area contributed by atoms with Crippen LogP contribution in [0.2, 0.25) is 10.2 Å². The number of carbonyl (C=O) groups excluding carboxylic acids is 1. The first kappa shape index (κ1) is 23.0. The Labute approximate surface area is 213 Å². The Morgan fingerprint density at radius 3 is 2.26 bits per heavy atom. The van der Waals surface area contributed by atoms with Crippen LogP contribution in [0.3, 0.4) is 0 Å². The van der Waals surface area contributed by atoms with E-state index < -0.39 is 0 Å². The molecule has 4 nitrogen and oxygen atoms in total. The lowest BCUT2D eigenvalue weighted by atomic mass is 9.96. The molecule has 0 unspecified atom stereocenters. The highest BCUT2D eigenvalue weighted by atomic mass is 35.5. The Morgan fingerprint density at radius 2 is 1.57 bits per heavy atom. The van der Waals surface area contributed by atoms with Gasteiger partial charge in [0.25, 0.3) is 0 Å². The number of aryl methyl sites for hydroxylation is 1. The van der Waals surface area contributed by atoms with E-state index in [9.17, 15) is 4.79 Å². The number of aromatic nitrogens is 3. The quantitative estimate of drug-likeness (QED) is 0.180. The molecule has 0 radical (unpaired) electrons. The third-order valence-corrected chi connectivity index (χ3v) is 6.31. The van der Waals surface area contributed by atoms with Gasteiger partial charge in [-0.2, -0.15) is 5.10 Å². The number of benzene rings is 3. The molecule has 0 fully saturated rings. The summed E-state index contributed by atoms with van der Waals surface area (Å²) >= 11 is 12.7. The van der Waals surface area contributed by atoms with Crippen LogP contribution in [0.25, 0.3) is 33.9 Å². The van der Waals surface area contributed by atoms with Crippen molar-refractivity contribution in [1.82, 2.24) is 14.8 Å². The molecule has 0 atom stereocenters. The zero-order chi connectivity index (χ0) is 24.4. The van der Waals surface area contributed by atoms with Crippen molar-refractivity contribution in [3.05, 3.63) is 118 Å². The molecule has 0 bridgehead atoms. The molecule has 3 aromatic carbocycles. The number of pyridine rings is 1. The van der Waals surface area contributed by atoms with Crippen LogP contribution in [0, 0.1) is 6.92 Å². The molecule has 0 aliphatic rings. The average molecular weight is 498 g/mol. The third-order valence-electron chi connectivity index (χ3n) is 5.77. The van der Waals surface area contributed by atoms with E-state index in [4.69, 9.17) is 33.3 Å². The Balaban J connectivity index is 1.64. The minimum absolute atomic E-state index is 0.0424. The fourth-order valence-corrected chi connectivity index (χ4v) is 4.51. The molecule has 0 aliphatic carbocycles. The molecule has 0 amide bonds. The summed E-state index contributed by atoms with van der Waals surface area (Å²) in [5, 5.41) is 6.63. The number of rotatable bonds is 6. The molecule has 2 heterocycles. The van der Waals surface area contributed by atoms with Crippen LogP contribution in [0.1, 0.15) is 16.8 Å². The van der Waals surface area contributed by atoms with Crippen molar-refractivity contribution in [1.29, 1.82) is 0 Å². The second-order valence-corrected chi connectivity index (χ2v) is 8.99. The first-order valence-corrected chi connectivity index (χ1v) is 11.9. The van der Waals surface area contributed by atoms with E-state index in [0.29, 0.717) is 21.4 Å². The SMILES string of the molecule is Cc1nn(-c2ccccc2)c2nc(Cl)c(/C=C/C(=O)Cc3ccc(Cl)cc3)c(-c3ccccc3)c12. The van der Waals surface area contributed by atoms with Gasteiger partial charge in [-0.1, -0.05) is 83.9 Å². The van der Waals surface area contributed by atoms with Crippen molar-refractivity contribution in [2.24, 2.45) is 0 Å². The highest BCUT2D eigenvalue weighted by Crippen LogP contribution is 2.38. The molecule has 35 heavy (non-hydrogen) atoms. The molecule has 0 spiro atoms. The van der Waals surface area contributed by atoms with E-state index >= 15 is 0 Å². The molecule has 0 saturated carbocycles. The lowest BCUT2D eigenvalue weighted by Gasteiger charge is -2.12. The van der Waals surface area contributed by atoms with Crippen LogP contribution in [-0.4, -0.2) is 20.5 Å². The van der Waals surface area contributed by atoms with Crippen molar-refractivity contribution in [2.45, 2.75) is 13.3 Å². The molecular formula is C29H21Cl2N3O. The molecule has 5 rings (SSSR count). The lowest BCUT2D eigenvalue weighted by molar-refractivity contribution is -0.113. The number of carbonyl (C=O) groups is 1. The molecular weight excluding hydrogens is 477 g/mol. The van der Waals surface area contributed by atoms with Crippen LogP contribution in [0.5, 0.6) is 0 Å². The standard InChI is InChI=1S/C29H21Cl2N3O/c1-19-26-27(21-8-4-2-5-9-21)25(17-16-24(35)18-20-12-14-22(30)15-13-20)28(31)32-29(26)34(33-19)23-10-6-3-7-11-23/h2-17H,18H2,1H3/b17-16+. The molecule has 0 N–H and O–H groups in total. The molecule has 172 valence electrons. The highest BCUT2D eigenvalue weighted by molar-refractivity contribution is 6.32. The highest BCUT2D eigenvalue weighted by Gasteiger charge is 2.21. The fraction of sp³-hybridized carbons (Fsp3) is 0.0690. The van der Waals surface area contributed by atoms with Gasteiger partial charge in [0.05, 0.1) is 16.8 Å². The molecule has 2 aromatic heterocycles. The Morgan fingerprint density at radius 1 is 0.914 bits per heavy atom. The maximum absolute atomic E-state index is 12.7. The smallest absolute Gasteiger partial charge is 0.165 e. The predicted octanol–water partition coefficient (Wildman–Crippen LogP) is 7.53. The van der Waals surface area contributed by atoms with Gasteiger partial charge in [-0.15, -0.1) is 0 Å². The number of allylic oxidation sites excluding steroid dienone is 1. The summed E-state index contributed by atoms with van der Waals surface area (Å²) in [4.78, 5) is 17.5. The first-order valence-electron chi connectivity index (χ1n) is 11.2. The number of nitrogens with zero attached hydrogens (tertiary/aromatic N) is 3. The van der Waals surface area contributed by atoms with E-state index in [1.54, 1.807) is 24.3 Å². The largest absolute Gasteiger partial charge is 0.294 e. The number of halogens is 2. The second kappa shape index (κ2) is 9.87. The summed E-state index contributed by atoms with van der Waals surface area (Å²) in [6, 6.07) is 27.1. The zero-order valence-electron chi connectivity index (χ0n) is 19.0. The van der Waals surface area contributed by atoms with E-state index in [1.807, 2.05) is 84.4 Å². The summed E-state index contributed by atoms with van der Waals surface area (Å²) in [7, 11) is 0. The molecule has 0 aliphatic heterocycles. The molecule has 0 saturated heterocycles. The minimum atomic E-state index is -0.0424. The van der Waals surface area contributed by atoms with Crippen LogP contribution in [-0.2, 0) is 11.2 Å². The van der Waals surface area contributed by atoms with Crippen LogP contribution in [0.15, 0.2) is 91.0 Å². The fourth-order valence-electron chi connectivity index (χ4n) is 4.15. The summed E-state index contributed by atoms with van der Waals surface area (Å²) in [6.45, 7) is 1.96. The van der Waals surface area contributed by atoms with Gasteiger partial charge in [0, 0.05) is 22.6 Å². The van der Waals surface area contributed by atoms with Gasteiger partial charge in [0.2, 0.25) is 0 Å². The predicted molar refractivity (Wildman–Crippen MR) is 143 cm³/mol. The first-order chi connectivity index (χ1) is 17.0. The van der Waals surface area contributed by atoms with Gasteiger partial charge in [0.15, 0.2) is 11.4 Å². The number of hydrogen-bond donors (Lipinski definition) is 0. The molecule has 5 aromatic rings. The molecule has 6 heteroatoms. The van der Waals surface area contributed by atoms with Crippen molar-refractivity contribution >= 4 is 46.1 Å². The zero-order valence-corrected chi connectivity index (χ0v) is 20.5. The Hall–Kier alpha value is -3.73.